The van der Waals surface area contributed by atoms with Crippen molar-refractivity contribution in [3.05, 3.63) is 64.7 Å². The molecule has 220 valence electrons. The molecule has 3 amide bonds. The number of anilines is 1. The van der Waals surface area contributed by atoms with Crippen LogP contribution in [0.1, 0.15) is 69.3 Å². The van der Waals surface area contributed by atoms with Gasteiger partial charge in [0.2, 0.25) is 11.8 Å². The standard InChI is InChI=1S/C31H38ClN3O6/c1-5-40-28(38)21-8-6-11-25(16-21)35-19-26(36)34(18-27(35)37)24-12-14-31(15-13-24,22-9-7-10-23(32)17-22)20-33-29(39)41-30(2,3)4/h6-11,16-17,24H,5,12-15,18-20H2,1-4H3,(H,33,39). The van der Waals surface area contributed by atoms with Crippen molar-refractivity contribution in [3.63, 3.8) is 0 Å². The predicted octanol–water partition coefficient (Wildman–Crippen LogP) is 5.10. The first-order chi connectivity index (χ1) is 19.4. The van der Waals surface area contributed by atoms with Gasteiger partial charge in [0, 0.05) is 28.7 Å². The van der Waals surface area contributed by atoms with Gasteiger partial charge in [-0.1, -0.05) is 29.8 Å². The van der Waals surface area contributed by atoms with Crippen LogP contribution in [0, 0.1) is 0 Å². The first-order valence-corrected chi connectivity index (χ1v) is 14.4. The predicted molar refractivity (Wildman–Crippen MR) is 156 cm³/mol. The third kappa shape index (κ3) is 7.38. The quantitative estimate of drug-likeness (QED) is 0.455. The van der Waals surface area contributed by atoms with E-state index < -0.39 is 17.7 Å². The number of carbonyl (C=O) groups is 4. The second-order valence-corrected chi connectivity index (χ2v) is 12.1. The number of ether oxygens (including phenoxy) is 2. The van der Waals surface area contributed by atoms with E-state index in [-0.39, 0.29) is 43.0 Å². The molecular weight excluding hydrogens is 546 g/mol. The highest BCUT2D eigenvalue weighted by atomic mass is 35.5. The summed E-state index contributed by atoms with van der Waals surface area (Å²) >= 11 is 6.34. The van der Waals surface area contributed by atoms with Crippen molar-refractivity contribution in [2.45, 2.75) is 70.4 Å². The summed E-state index contributed by atoms with van der Waals surface area (Å²) in [7, 11) is 0. The van der Waals surface area contributed by atoms with Crippen molar-refractivity contribution in [2.24, 2.45) is 0 Å². The molecule has 9 nitrogen and oxygen atoms in total. The van der Waals surface area contributed by atoms with E-state index in [1.165, 1.54) is 4.90 Å². The monoisotopic (exact) mass is 583 g/mol. The molecular formula is C31H38ClN3O6. The average Bonchev–Trinajstić information content (AvgIpc) is 2.92. The lowest BCUT2D eigenvalue weighted by molar-refractivity contribution is -0.141. The second kappa shape index (κ2) is 12.5. The average molecular weight is 584 g/mol. The Balaban J connectivity index is 1.45. The van der Waals surface area contributed by atoms with Crippen LogP contribution in [0.25, 0.3) is 0 Å². The van der Waals surface area contributed by atoms with E-state index in [1.54, 1.807) is 36.1 Å². The van der Waals surface area contributed by atoms with Crippen molar-refractivity contribution in [3.8, 4) is 0 Å². The Labute approximate surface area is 246 Å². The molecule has 0 aromatic heterocycles. The van der Waals surface area contributed by atoms with Crippen LogP contribution in [0.5, 0.6) is 0 Å². The highest BCUT2D eigenvalue weighted by molar-refractivity contribution is 6.30. The maximum Gasteiger partial charge on any atom is 0.407 e. The molecule has 4 rings (SSSR count). The van der Waals surface area contributed by atoms with Crippen LogP contribution in [0.15, 0.2) is 48.5 Å². The molecule has 0 spiro atoms. The zero-order chi connectivity index (χ0) is 29.8. The number of nitrogens with zero attached hydrogens (tertiary/aromatic N) is 2. The van der Waals surface area contributed by atoms with E-state index in [0.29, 0.717) is 48.5 Å². The molecule has 1 N–H and O–H groups in total. The Hall–Kier alpha value is -3.59. The number of hydrogen-bond donors (Lipinski definition) is 1. The third-order valence-electron chi connectivity index (χ3n) is 7.65. The summed E-state index contributed by atoms with van der Waals surface area (Å²) < 4.78 is 10.5. The highest BCUT2D eigenvalue weighted by Crippen LogP contribution is 2.41. The molecule has 0 unspecified atom stereocenters. The first kappa shape index (κ1) is 30.4. The molecule has 1 saturated carbocycles. The van der Waals surface area contributed by atoms with Crippen molar-refractivity contribution in [1.82, 2.24) is 10.2 Å². The number of carbonyl (C=O) groups excluding carboxylic acids is 4. The Bertz CT molecular complexity index is 1300. The summed E-state index contributed by atoms with van der Waals surface area (Å²) in [6.07, 6.45) is 2.23. The van der Waals surface area contributed by atoms with Crippen LogP contribution in [0.2, 0.25) is 5.02 Å². The van der Waals surface area contributed by atoms with Crippen LogP contribution < -0.4 is 10.2 Å². The molecule has 2 aromatic carbocycles. The van der Waals surface area contributed by atoms with Crippen molar-refractivity contribution < 1.29 is 28.7 Å². The summed E-state index contributed by atoms with van der Waals surface area (Å²) in [5.74, 6) is -0.819. The Kier molecular flexibility index (Phi) is 9.27. The molecule has 41 heavy (non-hydrogen) atoms. The van der Waals surface area contributed by atoms with E-state index in [0.717, 1.165) is 5.56 Å². The minimum absolute atomic E-state index is 0.0343. The van der Waals surface area contributed by atoms with Gasteiger partial charge >= 0.3 is 12.1 Å². The molecule has 2 aromatic rings. The largest absolute Gasteiger partial charge is 0.462 e. The van der Waals surface area contributed by atoms with Gasteiger partial charge in [0.25, 0.3) is 0 Å². The fraction of sp³-hybridized carbons (Fsp3) is 0.484. The lowest BCUT2D eigenvalue weighted by atomic mass is 9.67. The van der Waals surface area contributed by atoms with Gasteiger partial charge in [-0.3, -0.25) is 9.59 Å². The van der Waals surface area contributed by atoms with E-state index >= 15 is 0 Å². The fourth-order valence-corrected chi connectivity index (χ4v) is 5.82. The zero-order valence-corrected chi connectivity index (χ0v) is 24.8. The molecule has 1 saturated heterocycles. The maximum absolute atomic E-state index is 13.3. The maximum atomic E-state index is 13.3. The topological polar surface area (TPSA) is 105 Å². The van der Waals surface area contributed by atoms with Gasteiger partial charge in [0.05, 0.1) is 12.2 Å². The van der Waals surface area contributed by atoms with Crippen LogP contribution in [0.4, 0.5) is 10.5 Å². The number of halogens is 1. The van der Waals surface area contributed by atoms with Gasteiger partial charge in [-0.15, -0.1) is 0 Å². The lowest BCUT2D eigenvalue weighted by Crippen LogP contribution is -2.58. The number of esters is 1. The van der Waals surface area contributed by atoms with Gasteiger partial charge < -0.3 is 24.6 Å². The van der Waals surface area contributed by atoms with E-state index in [2.05, 4.69) is 5.32 Å². The van der Waals surface area contributed by atoms with E-state index in [1.807, 2.05) is 45.0 Å². The number of nitrogens with one attached hydrogen (secondary N) is 1. The van der Waals surface area contributed by atoms with Crippen LogP contribution in [-0.2, 0) is 24.5 Å². The molecule has 0 atom stereocenters. The van der Waals surface area contributed by atoms with Crippen molar-refractivity contribution >= 4 is 41.2 Å². The van der Waals surface area contributed by atoms with Gasteiger partial charge in [0.15, 0.2) is 0 Å². The SMILES string of the molecule is CCOC(=O)c1cccc(N2CC(=O)N(C3CCC(CNC(=O)OC(C)(C)C)(c4cccc(Cl)c4)CC3)CC2=O)c1. The molecule has 1 aliphatic carbocycles. The van der Waals surface area contributed by atoms with Crippen molar-refractivity contribution in [1.29, 1.82) is 0 Å². The second-order valence-electron chi connectivity index (χ2n) is 11.6. The lowest BCUT2D eigenvalue weighted by Gasteiger charge is -2.46. The van der Waals surface area contributed by atoms with E-state index in [4.69, 9.17) is 21.1 Å². The Morgan fingerprint density at radius 2 is 1.73 bits per heavy atom. The van der Waals surface area contributed by atoms with Gasteiger partial charge in [-0.2, -0.15) is 0 Å². The molecule has 1 heterocycles. The number of piperazine rings is 1. The van der Waals surface area contributed by atoms with Crippen LogP contribution in [-0.4, -0.2) is 66.7 Å². The molecule has 10 heteroatoms. The third-order valence-corrected chi connectivity index (χ3v) is 7.88. The van der Waals surface area contributed by atoms with Crippen LogP contribution >= 0.6 is 11.6 Å². The Morgan fingerprint density at radius 3 is 2.39 bits per heavy atom. The summed E-state index contributed by atoms with van der Waals surface area (Å²) in [4.78, 5) is 54.3. The number of hydrogen-bond acceptors (Lipinski definition) is 6. The molecule has 0 bridgehead atoms. The normalized spacial score (nSPS) is 21.4. The van der Waals surface area contributed by atoms with Gasteiger partial charge in [-0.25, -0.2) is 9.59 Å². The number of rotatable bonds is 7. The summed E-state index contributed by atoms with van der Waals surface area (Å²) in [5.41, 5.74) is 0.844. The summed E-state index contributed by atoms with van der Waals surface area (Å²) in [5, 5.41) is 3.56. The van der Waals surface area contributed by atoms with Gasteiger partial charge in [-0.05, 0) is 89.3 Å². The fourth-order valence-electron chi connectivity index (χ4n) is 5.62. The van der Waals surface area contributed by atoms with Crippen LogP contribution in [0.3, 0.4) is 0 Å². The molecule has 1 aliphatic heterocycles. The molecule has 0 radical (unpaired) electrons. The first-order valence-electron chi connectivity index (χ1n) is 14.0. The molecule has 2 aliphatic rings. The van der Waals surface area contributed by atoms with E-state index in [9.17, 15) is 19.2 Å². The summed E-state index contributed by atoms with van der Waals surface area (Å²) in [6, 6.07) is 14.1. The van der Waals surface area contributed by atoms with Crippen molar-refractivity contribution in [2.75, 3.05) is 31.1 Å². The minimum atomic E-state index is -0.611. The Morgan fingerprint density at radius 1 is 1.02 bits per heavy atom. The number of amides is 3. The van der Waals surface area contributed by atoms with Gasteiger partial charge in [0.1, 0.15) is 18.7 Å². The molecule has 2 fully saturated rings. The smallest absolute Gasteiger partial charge is 0.407 e. The summed E-state index contributed by atoms with van der Waals surface area (Å²) in [6.45, 7) is 7.67. The number of alkyl carbamates (subject to hydrolysis) is 1. The highest BCUT2D eigenvalue weighted by Gasteiger charge is 2.42. The minimum Gasteiger partial charge on any atom is -0.462 e. The number of benzene rings is 2. The zero-order valence-electron chi connectivity index (χ0n) is 24.1.